The number of nitrogens with zero attached hydrogens (tertiary/aromatic N) is 2. The Hall–Kier alpha value is -2.39. The Kier molecular flexibility index (Phi) is 9.11. The lowest BCUT2D eigenvalue weighted by Crippen LogP contribution is -2.31. The number of amides is 1. The summed E-state index contributed by atoms with van der Waals surface area (Å²) in [6.45, 7) is 5.88. The fraction of sp³-hybridized carbons (Fsp3) is 0.565. The molecule has 0 radical (unpaired) electrons. The van der Waals surface area contributed by atoms with Gasteiger partial charge in [0.05, 0.1) is 29.4 Å². The van der Waals surface area contributed by atoms with Gasteiger partial charge in [-0.15, -0.1) is 0 Å². The van der Waals surface area contributed by atoms with E-state index in [0.717, 1.165) is 38.7 Å². The van der Waals surface area contributed by atoms with E-state index in [0.29, 0.717) is 41.3 Å². The molecule has 1 atom stereocenters. The minimum Gasteiger partial charge on any atom is -0.465 e. The number of esters is 1. The Morgan fingerprint density at radius 1 is 1.31 bits per heavy atom. The molecule has 2 aromatic rings. The number of aromatic nitrogens is 2. The van der Waals surface area contributed by atoms with Crippen molar-refractivity contribution < 1.29 is 19.1 Å². The molecule has 1 saturated heterocycles. The van der Waals surface area contributed by atoms with Crippen LogP contribution in [0.5, 0.6) is 0 Å². The lowest BCUT2D eigenvalue weighted by molar-refractivity contribution is -0.139. The van der Waals surface area contributed by atoms with Crippen LogP contribution in [0, 0.1) is 0 Å². The van der Waals surface area contributed by atoms with E-state index in [1.165, 1.54) is 11.8 Å². The van der Waals surface area contributed by atoms with E-state index in [9.17, 15) is 14.4 Å². The number of unbranched alkanes of at least 4 members (excludes halogenated alkanes) is 2. The molecule has 3 rings (SSSR count). The highest BCUT2D eigenvalue weighted by molar-refractivity contribution is 7.99. The molecule has 0 spiro atoms. The van der Waals surface area contributed by atoms with Gasteiger partial charge in [-0.05, 0) is 44.4 Å². The van der Waals surface area contributed by atoms with E-state index < -0.39 is 0 Å². The normalized spacial score (nSPS) is 15.8. The Labute approximate surface area is 192 Å². The van der Waals surface area contributed by atoms with E-state index in [2.05, 4.69) is 17.2 Å². The SMILES string of the molecule is CCCCCn1c(SCC(=O)OCC)nc2cc(C(=O)NCC3CCCO3)ccc2c1=O. The zero-order valence-corrected chi connectivity index (χ0v) is 19.5. The summed E-state index contributed by atoms with van der Waals surface area (Å²) in [5, 5.41) is 3.81. The van der Waals surface area contributed by atoms with Crippen molar-refractivity contribution in [2.24, 2.45) is 0 Å². The molecule has 1 unspecified atom stereocenters. The zero-order chi connectivity index (χ0) is 22.9. The van der Waals surface area contributed by atoms with Gasteiger partial charge in [-0.25, -0.2) is 4.98 Å². The molecule has 1 aromatic heterocycles. The standard InChI is InChI=1S/C23H31N3O5S/c1-3-5-6-11-26-22(29)18-10-9-16(21(28)24-14-17-8-7-12-31-17)13-19(18)25-23(26)32-15-20(27)30-4-2/h9-10,13,17H,3-8,11-12,14-15H2,1-2H3,(H,24,28). The van der Waals surface area contributed by atoms with Crippen molar-refractivity contribution in [3.05, 3.63) is 34.1 Å². The number of thioether (sulfide) groups is 1. The van der Waals surface area contributed by atoms with Crippen LogP contribution in [0.25, 0.3) is 10.9 Å². The number of benzene rings is 1. The van der Waals surface area contributed by atoms with Crippen molar-refractivity contribution in [1.29, 1.82) is 0 Å². The summed E-state index contributed by atoms with van der Waals surface area (Å²) in [6, 6.07) is 4.94. The number of carbonyl (C=O) groups excluding carboxylic acids is 2. The number of rotatable bonds is 11. The number of ether oxygens (including phenoxy) is 2. The van der Waals surface area contributed by atoms with Gasteiger partial charge in [0.2, 0.25) is 0 Å². The highest BCUT2D eigenvalue weighted by Gasteiger charge is 2.18. The summed E-state index contributed by atoms with van der Waals surface area (Å²) in [5.74, 6) is -0.507. The lowest BCUT2D eigenvalue weighted by Gasteiger charge is -2.14. The van der Waals surface area contributed by atoms with Gasteiger partial charge < -0.3 is 14.8 Å². The summed E-state index contributed by atoms with van der Waals surface area (Å²) >= 11 is 1.18. The van der Waals surface area contributed by atoms with Crippen LogP contribution in [0.2, 0.25) is 0 Å². The van der Waals surface area contributed by atoms with Gasteiger partial charge in [0, 0.05) is 25.3 Å². The zero-order valence-electron chi connectivity index (χ0n) is 18.7. The van der Waals surface area contributed by atoms with E-state index in [1.807, 2.05) is 0 Å². The fourth-order valence-corrected chi connectivity index (χ4v) is 4.43. The number of nitrogens with one attached hydrogen (secondary N) is 1. The van der Waals surface area contributed by atoms with Gasteiger partial charge >= 0.3 is 5.97 Å². The third kappa shape index (κ3) is 6.32. The molecular formula is C23H31N3O5S. The molecule has 32 heavy (non-hydrogen) atoms. The summed E-state index contributed by atoms with van der Waals surface area (Å²) < 4.78 is 12.2. The second kappa shape index (κ2) is 12.0. The molecule has 1 amide bonds. The second-order valence-electron chi connectivity index (χ2n) is 7.73. The fourth-order valence-electron chi connectivity index (χ4n) is 3.61. The quantitative estimate of drug-likeness (QED) is 0.237. The van der Waals surface area contributed by atoms with Crippen molar-refractivity contribution in [2.75, 3.05) is 25.5 Å². The largest absolute Gasteiger partial charge is 0.465 e. The molecule has 8 nitrogen and oxygen atoms in total. The lowest BCUT2D eigenvalue weighted by atomic mass is 10.1. The second-order valence-corrected chi connectivity index (χ2v) is 8.67. The van der Waals surface area contributed by atoms with Crippen LogP contribution >= 0.6 is 11.8 Å². The summed E-state index contributed by atoms with van der Waals surface area (Å²) in [4.78, 5) is 42.3. The average molecular weight is 462 g/mol. The Morgan fingerprint density at radius 2 is 2.16 bits per heavy atom. The van der Waals surface area contributed by atoms with Crippen LogP contribution in [0.1, 0.15) is 56.3 Å². The van der Waals surface area contributed by atoms with Crippen molar-refractivity contribution in [2.45, 2.75) is 63.8 Å². The van der Waals surface area contributed by atoms with Gasteiger partial charge in [0.25, 0.3) is 11.5 Å². The number of hydrogen-bond acceptors (Lipinski definition) is 7. The van der Waals surface area contributed by atoms with Gasteiger partial charge in [-0.2, -0.15) is 0 Å². The van der Waals surface area contributed by atoms with Crippen LogP contribution in [-0.2, 0) is 20.8 Å². The van der Waals surface area contributed by atoms with E-state index in [1.54, 1.807) is 29.7 Å². The molecule has 2 heterocycles. The number of fused-ring (bicyclic) bond motifs is 1. The molecule has 1 N–H and O–H groups in total. The van der Waals surface area contributed by atoms with Gasteiger partial charge in [-0.1, -0.05) is 31.5 Å². The van der Waals surface area contributed by atoms with Crippen LogP contribution < -0.4 is 10.9 Å². The average Bonchev–Trinajstić information content (AvgIpc) is 3.31. The first kappa shape index (κ1) is 24.3. The summed E-state index contributed by atoms with van der Waals surface area (Å²) in [6.07, 6.45) is 4.89. The molecule has 1 aromatic carbocycles. The van der Waals surface area contributed by atoms with Crippen molar-refractivity contribution >= 4 is 34.5 Å². The van der Waals surface area contributed by atoms with Crippen molar-refractivity contribution in [1.82, 2.24) is 14.9 Å². The van der Waals surface area contributed by atoms with Crippen molar-refractivity contribution in [3.63, 3.8) is 0 Å². The molecule has 0 bridgehead atoms. The molecule has 1 aliphatic heterocycles. The van der Waals surface area contributed by atoms with Gasteiger partial charge in [-0.3, -0.25) is 19.0 Å². The van der Waals surface area contributed by atoms with Gasteiger partial charge in [0.15, 0.2) is 5.16 Å². The smallest absolute Gasteiger partial charge is 0.316 e. The topological polar surface area (TPSA) is 99.5 Å². The van der Waals surface area contributed by atoms with E-state index >= 15 is 0 Å². The number of hydrogen-bond donors (Lipinski definition) is 1. The molecular weight excluding hydrogens is 430 g/mol. The maximum absolute atomic E-state index is 13.2. The molecule has 1 aliphatic rings. The summed E-state index contributed by atoms with van der Waals surface area (Å²) in [5.41, 5.74) is 0.717. The van der Waals surface area contributed by atoms with Crippen LogP contribution in [-0.4, -0.2) is 53.0 Å². The maximum atomic E-state index is 13.2. The first-order valence-electron chi connectivity index (χ1n) is 11.3. The minimum absolute atomic E-state index is 0.0544. The molecule has 9 heteroatoms. The number of carbonyl (C=O) groups is 2. The van der Waals surface area contributed by atoms with Crippen molar-refractivity contribution in [3.8, 4) is 0 Å². The molecule has 1 fully saturated rings. The first-order chi connectivity index (χ1) is 15.5. The van der Waals surface area contributed by atoms with E-state index in [-0.39, 0.29) is 29.3 Å². The predicted octanol–water partition coefficient (Wildman–Crippen LogP) is 3.15. The first-order valence-corrected chi connectivity index (χ1v) is 12.2. The molecule has 0 saturated carbocycles. The van der Waals surface area contributed by atoms with Crippen LogP contribution in [0.3, 0.4) is 0 Å². The minimum atomic E-state index is -0.353. The monoisotopic (exact) mass is 461 g/mol. The predicted molar refractivity (Wildman–Crippen MR) is 124 cm³/mol. The summed E-state index contributed by atoms with van der Waals surface area (Å²) in [7, 11) is 0. The van der Waals surface area contributed by atoms with Crippen LogP contribution in [0.4, 0.5) is 0 Å². The maximum Gasteiger partial charge on any atom is 0.316 e. The van der Waals surface area contributed by atoms with Crippen LogP contribution in [0.15, 0.2) is 28.2 Å². The Morgan fingerprint density at radius 3 is 2.88 bits per heavy atom. The molecule has 0 aliphatic carbocycles. The Balaban J connectivity index is 1.85. The van der Waals surface area contributed by atoms with Gasteiger partial charge in [0.1, 0.15) is 0 Å². The third-order valence-corrected chi connectivity index (χ3v) is 6.26. The third-order valence-electron chi connectivity index (χ3n) is 5.31. The Bertz CT molecular complexity index is 1000. The highest BCUT2D eigenvalue weighted by Crippen LogP contribution is 2.20. The molecule has 174 valence electrons. The van der Waals surface area contributed by atoms with E-state index in [4.69, 9.17) is 9.47 Å². The highest BCUT2D eigenvalue weighted by atomic mass is 32.2.